The standard InChI is InChI=1S/C50H69N15O17S2/c1-31(48(77)78)55-37(66)21-56(2)38(67)22-57(3)39(68)23-58(4)40(69)24-59(5)41(70)25-60(6)42(71)26-61(7)43(72)27-62(8)44(73)28-63(9)45(74)29-64(10)46(75)30-65(11)47(76)34-15-32(35-17-51-49(52-18-35)83(12,79)80)14-33(16-34)36-19-53-50(54-20-36)84(13,81)82/h14-20,31H,21-30H2,1-13H3,(H,55,66)(H,77,78)/t31-/m0/s1. The highest BCUT2D eigenvalue weighted by molar-refractivity contribution is 7.90. The maximum Gasteiger partial charge on any atom is 0.325 e. The van der Waals surface area contributed by atoms with Crippen LogP contribution in [0.2, 0.25) is 0 Å². The number of aliphatic carboxylic acids is 1. The third-order valence-corrected chi connectivity index (χ3v) is 14.2. The van der Waals surface area contributed by atoms with Crippen molar-refractivity contribution in [2.75, 3.05) is 148 Å². The number of hydrogen-bond acceptors (Lipinski definition) is 20. The van der Waals surface area contributed by atoms with Gasteiger partial charge in [0, 0.05) is 124 Å². The van der Waals surface area contributed by atoms with Crippen molar-refractivity contribution in [2.45, 2.75) is 23.3 Å². The molecule has 0 aliphatic carbocycles. The van der Waals surface area contributed by atoms with Crippen LogP contribution < -0.4 is 5.32 Å². The number of carboxylic acids is 1. The fourth-order valence-electron chi connectivity index (χ4n) is 6.96. The van der Waals surface area contributed by atoms with Crippen molar-refractivity contribution in [3.05, 3.63) is 48.5 Å². The van der Waals surface area contributed by atoms with E-state index in [9.17, 15) is 74.4 Å². The minimum Gasteiger partial charge on any atom is -0.480 e. The maximum absolute atomic E-state index is 13.9. The van der Waals surface area contributed by atoms with Crippen molar-refractivity contribution in [3.8, 4) is 22.3 Å². The van der Waals surface area contributed by atoms with Crippen LogP contribution in [0.3, 0.4) is 0 Å². The maximum atomic E-state index is 13.9. The van der Waals surface area contributed by atoms with E-state index in [1.807, 2.05) is 0 Å². The first-order valence-corrected chi connectivity index (χ1v) is 28.7. The quantitative estimate of drug-likeness (QED) is 0.0676. The zero-order valence-corrected chi connectivity index (χ0v) is 50.4. The lowest BCUT2D eigenvalue weighted by molar-refractivity contribution is -0.146. The minimum atomic E-state index is -3.75. The van der Waals surface area contributed by atoms with Crippen LogP contribution in [0.25, 0.3) is 22.3 Å². The van der Waals surface area contributed by atoms with Crippen molar-refractivity contribution < 1.29 is 79.5 Å². The van der Waals surface area contributed by atoms with E-state index in [0.717, 1.165) is 61.5 Å². The summed E-state index contributed by atoms with van der Waals surface area (Å²) >= 11 is 0. The molecule has 2 aromatic heterocycles. The zero-order chi connectivity index (χ0) is 63.9. The number of rotatable bonds is 27. The molecule has 32 nitrogen and oxygen atoms in total. The molecule has 34 heteroatoms. The number of aromatic nitrogens is 4. The summed E-state index contributed by atoms with van der Waals surface area (Å²) in [6.45, 7) is -3.84. The molecule has 2 N–H and O–H groups in total. The third-order valence-electron chi connectivity index (χ3n) is 12.4. The van der Waals surface area contributed by atoms with Crippen molar-refractivity contribution in [1.82, 2.24) is 74.3 Å². The number of hydrogen-bond donors (Lipinski definition) is 2. The summed E-state index contributed by atoms with van der Waals surface area (Å²) in [5, 5.41) is 10.3. The third kappa shape index (κ3) is 20.7. The lowest BCUT2D eigenvalue weighted by atomic mass is 9.98. The number of amides is 11. The van der Waals surface area contributed by atoms with E-state index < -0.39 is 172 Å². The lowest BCUT2D eigenvalue weighted by Gasteiger charge is -2.27. The van der Waals surface area contributed by atoms with Gasteiger partial charge in [-0.3, -0.25) is 57.5 Å². The van der Waals surface area contributed by atoms with Crippen LogP contribution in [0.1, 0.15) is 17.3 Å². The molecule has 84 heavy (non-hydrogen) atoms. The second kappa shape index (κ2) is 29.8. The van der Waals surface area contributed by atoms with Crippen molar-refractivity contribution in [2.24, 2.45) is 0 Å². The molecule has 0 fully saturated rings. The highest BCUT2D eigenvalue weighted by atomic mass is 32.2. The predicted octanol–water partition coefficient (Wildman–Crippen LogP) is -4.81. The molecule has 0 bridgehead atoms. The first kappa shape index (κ1) is 69.2. The number of carbonyl (C=O) groups excluding carboxylic acids is 11. The number of sulfone groups is 2. The van der Waals surface area contributed by atoms with Gasteiger partial charge >= 0.3 is 5.97 Å². The van der Waals surface area contributed by atoms with E-state index in [2.05, 4.69) is 25.3 Å². The molecule has 0 spiro atoms. The molecule has 0 aliphatic heterocycles. The van der Waals surface area contributed by atoms with E-state index in [1.54, 1.807) is 6.07 Å². The van der Waals surface area contributed by atoms with Crippen LogP contribution in [-0.4, -0.2) is 316 Å². The fourth-order valence-corrected chi connectivity index (χ4v) is 7.94. The number of carbonyl (C=O) groups is 12. The second-order valence-corrected chi connectivity index (χ2v) is 23.7. The Bertz CT molecular complexity index is 3160. The van der Waals surface area contributed by atoms with Crippen LogP contribution in [0, 0.1) is 0 Å². The van der Waals surface area contributed by atoms with Crippen LogP contribution in [0.15, 0.2) is 53.3 Å². The summed E-state index contributed by atoms with van der Waals surface area (Å²) in [6.07, 6.45) is 6.79. The largest absolute Gasteiger partial charge is 0.480 e. The highest BCUT2D eigenvalue weighted by Gasteiger charge is 2.28. The smallest absolute Gasteiger partial charge is 0.325 e. The van der Waals surface area contributed by atoms with Gasteiger partial charge in [0.15, 0.2) is 0 Å². The van der Waals surface area contributed by atoms with Gasteiger partial charge in [-0.25, -0.2) is 36.8 Å². The molecule has 458 valence electrons. The molecule has 1 atom stereocenters. The summed E-state index contributed by atoms with van der Waals surface area (Å²) in [4.78, 5) is 180. The number of benzene rings is 1. The van der Waals surface area contributed by atoms with E-state index >= 15 is 0 Å². The highest BCUT2D eigenvalue weighted by Crippen LogP contribution is 2.28. The summed E-state index contributed by atoms with van der Waals surface area (Å²) < 4.78 is 48.0. The van der Waals surface area contributed by atoms with Gasteiger partial charge in [0.2, 0.25) is 89.1 Å². The van der Waals surface area contributed by atoms with Gasteiger partial charge in [-0.15, -0.1) is 0 Å². The SMILES string of the molecule is C[C@H](NC(=O)CN(C)C(=O)CN(C)C(=O)CN(C)C(=O)CN(C)C(=O)CN(C)C(=O)CN(C)C(=O)CN(C)C(=O)CN(C)C(=O)CN(C)C(=O)CN(C)C(=O)c1cc(-c2cnc(S(C)(=O)=O)nc2)cc(-c2cnc(S(C)(=O)=O)nc2)c1)C(=O)O. The van der Waals surface area contributed by atoms with Crippen LogP contribution in [0.5, 0.6) is 0 Å². The topological polar surface area (TPSA) is 389 Å². The lowest BCUT2D eigenvalue weighted by Crippen LogP contribution is -2.49. The monoisotopic (exact) mass is 1220 g/mol. The normalized spacial score (nSPS) is 11.4. The van der Waals surface area contributed by atoms with Gasteiger partial charge in [-0.1, -0.05) is 0 Å². The van der Waals surface area contributed by atoms with Crippen LogP contribution in [0.4, 0.5) is 0 Å². The molecule has 0 aliphatic rings. The van der Waals surface area contributed by atoms with Gasteiger partial charge < -0.3 is 59.4 Å². The molecule has 3 rings (SSSR count). The Kier molecular flexibility index (Phi) is 24.5. The summed E-state index contributed by atoms with van der Waals surface area (Å²) in [5.74, 6) is -8.77. The van der Waals surface area contributed by atoms with E-state index in [1.165, 1.54) is 114 Å². The molecule has 0 unspecified atom stereocenters. The Hall–Kier alpha value is -9.08. The fraction of sp³-hybridized carbons (Fsp3) is 0.480. The molecule has 1 aromatic carbocycles. The van der Waals surface area contributed by atoms with Crippen LogP contribution >= 0.6 is 0 Å². The summed E-state index contributed by atoms with van der Waals surface area (Å²) in [7, 11) is 5.42. The Labute approximate surface area is 485 Å². The molecular weight excluding hydrogens is 1150 g/mol. The first-order chi connectivity index (χ1) is 38.8. The van der Waals surface area contributed by atoms with Crippen molar-refractivity contribution >= 4 is 90.6 Å². The van der Waals surface area contributed by atoms with Crippen molar-refractivity contribution in [1.29, 1.82) is 0 Å². The molecule has 2 heterocycles. The molecule has 0 radical (unpaired) electrons. The van der Waals surface area contributed by atoms with Gasteiger partial charge in [-0.05, 0) is 36.2 Å². The minimum absolute atomic E-state index is 0.0221. The summed E-state index contributed by atoms with van der Waals surface area (Å²) in [6, 6.07) is 3.28. The first-order valence-electron chi connectivity index (χ1n) is 24.9. The van der Waals surface area contributed by atoms with Crippen molar-refractivity contribution in [3.63, 3.8) is 0 Å². The Balaban J connectivity index is 1.50. The number of nitrogens with zero attached hydrogens (tertiary/aromatic N) is 14. The van der Waals surface area contributed by atoms with Gasteiger partial charge in [0.1, 0.15) is 6.04 Å². The Morgan fingerprint density at radius 2 is 0.619 bits per heavy atom. The van der Waals surface area contributed by atoms with Gasteiger partial charge in [0.05, 0.1) is 65.4 Å². The van der Waals surface area contributed by atoms with Gasteiger partial charge in [-0.2, -0.15) is 0 Å². The predicted molar refractivity (Wildman–Crippen MR) is 296 cm³/mol. The molecule has 0 saturated carbocycles. The average Bonchev–Trinajstić information content (AvgIpc) is 3.63. The molecular formula is C50H69N15O17S2. The summed E-state index contributed by atoms with van der Waals surface area (Å²) in [5.41, 5.74) is 1.28. The van der Waals surface area contributed by atoms with Gasteiger partial charge in [0.25, 0.3) is 5.91 Å². The zero-order valence-electron chi connectivity index (χ0n) is 48.7. The molecule has 11 amide bonds. The molecule has 0 saturated heterocycles. The number of carboxylic acid groups (broad SMARTS) is 1. The average molecular weight is 1220 g/mol. The second-order valence-electron chi connectivity index (χ2n) is 19.9. The Morgan fingerprint density at radius 1 is 0.393 bits per heavy atom. The van der Waals surface area contributed by atoms with E-state index in [-0.39, 0.29) is 5.56 Å². The van der Waals surface area contributed by atoms with Crippen LogP contribution in [-0.2, 0) is 72.4 Å². The molecule has 3 aromatic rings. The van der Waals surface area contributed by atoms with E-state index in [4.69, 9.17) is 5.11 Å². The Morgan fingerprint density at radius 3 is 0.845 bits per heavy atom. The number of nitrogens with one attached hydrogen (secondary N) is 1. The number of likely N-dealkylation sites (N-methyl/N-ethyl adjacent to an activating group) is 10. The van der Waals surface area contributed by atoms with E-state index in [0.29, 0.717) is 22.3 Å².